The molecule has 0 bridgehead atoms. The first kappa shape index (κ1) is 39.2. The Labute approximate surface area is 350 Å². The number of hydrogen-bond donors (Lipinski definition) is 4. The van der Waals surface area contributed by atoms with E-state index in [9.17, 15) is 9.59 Å². The van der Waals surface area contributed by atoms with Gasteiger partial charge in [-0.25, -0.2) is 9.97 Å². The molecule has 4 N–H and O–H groups in total. The van der Waals surface area contributed by atoms with E-state index in [4.69, 9.17) is 0 Å². The van der Waals surface area contributed by atoms with E-state index in [0.717, 1.165) is 102 Å². The molecule has 14 heteroatoms. The van der Waals surface area contributed by atoms with E-state index < -0.39 is 0 Å². The predicted molar refractivity (Wildman–Crippen MR) is 244 cm³/mol. The van der Waals surface area contributed by atoms with Gasteiger partial charge in [-0.15, -0.1) is 34.0 Å². The van der Waals surface area contributed by atoms with E-state index in [0.29, 0.717) is 11.4 Å². The van der Waals surface area contributed by atoms with Gasteiger partial charge in [0, 0.05) is 109 Å². The summed E-state index contributed by atoms with van der Waals surface area (Å²) in [6.07, 6.45) is 0. The van der Waals surface area contributed by atoms with Crippen LogP contribution >= 0.6 is 34.0 Å². The molecule has 0 aliphatic carbocycles. The SMILES string of the molecule is CN(C)c1ccc(-c2nc(C(=O)Nc3ccccc3N3CCNCC3)cs2)cc1.O=C(Nc1ccccc1N1CCNCC1)c1csc(-c2csc3ccccc23)n1. The van der Waals surface area contributed by atoms with Gasteiger partial charge in [0.2, 0.25) is 0 Å². The van der Waals surface area contributed by atoms with Crippen LogP contribution in [-0.2, 0) is 0 Å². The van der Waals surface area contributed by atoms with E-state index in [1.165, 1.54) is 32.8 Å². The molecule has 11 nitrogen and oxygen atoms in total. The Kier molecular flexibility index (Phi) is 12.4. The second-order valence-electron chi connectivity index (χ2n) is 14.1. The Morgan fingerprint density at radius 3 is 1.67 bits per heavy atom. The van der Waals surface area contributed by atoms with Gasteiger partial charge in [0.15, 0.2) is 0 Å². The summed E-state index contributed by atoms with van der Waals surface area (Å²) < 4.78 is 1.23. The van der Waals surface area contributed by atoms with Crippen LogP contribution in [-0.4, -0.2) is 88.2 Å². The lowest BCUT2D eigenvalue weighted by Crippen LogP contribution is -2.43. The fourth-order valence-electron chi connectivity index (χ4n) is 6.95. The van der Waals surface area contributed by atoms with E-state index in [1.807, 2.05) is 85.5 Å². The normalized spacial score (nSPS) is 14.1. The number of benzene rings is 4. The van der Waals surface area contributed by atoms with Crippen molar-refractivity contribution in [2.24, 2.45) is 0 Å². The number of para-hydroxylation sites is 4. The molecule has 2 saturated heterocycles. The van der Waals surface area contributed by atoms with Gasteiger partial charge in [-0.3, -0.25) is 9.59 Å². The van der Waals surface area contributed by atoms with Gasteiger partial charge in [-0.1, -0.05) is 42.5 Å². The van der Waals surface area contributed by atoms with Gasteiger partial charge in [-0.05, 0) is 54.6 Å². The minimum atomic E-state index is -0.181. The van der Waals surface area contributed by atoms with Crippen LogP contribution < -0.4 is 36.0 Å². The van der Waals surface area contributed by atoms with Crippen LogP contribution in [0.4, 0.5) is 28.4 Å². The first-order valence-electron chi connectivity index (χ1n) is 19.3. The molecule has 2 aliphatic heterocycles. The monoisotopic (exact) mass is 827 g/mol. The van der Waals surface area contributed by atoms with Crippen LogP contribution in [0, 0.1) is 0 Å². The van der Waals surface area contributed by atoms with Crippen LogP contribution in [0.5, 0.6) is 0 Å². The van der Waals surface area contributed by atoms with Gasteiger partial charge < -0.3 is 36.0 Å². The molecule has 0 saturated carbocycles. The summed E-state index contributed by atoms with van der Waals surface area (Å²) in [7, 11) is 4.03. The minimum Gasteiger partial charge on any atom is -0.378 e. The second kappa shape index (κ2) is 18.3. The molecule has 2 fully saturated rings. The van der Waals surface area contributed by atoms with E-state index in [2.05, 4.69) is 87.7 Å². The number of rotatable bonds is 9. The van der Waals surface area contributed by atoms with Crippen LogP contribution in [0.25, 0.3) is 31.2 Å². The van der Waals surface area contributed by atoms with E-state index in [-0.39, 0.29) is 11.8 Å². The summed E-state index contributed by atoms with van der Waals surface area (Å²) in [4.78, 5) is 41.6. The van der Waals surface area contributed by atoms with Gasteiger partial charge in [0.25, 0.3) is 11.8 Å². The lowest BCUT2D eigenvalue weighted by molar-refractivity contribution is 0.101. The molecule has 296 valence electrons. The average molecular weight is 828 g/mol. The molecule has 0 atom stereocenters. The maximum atomic E-state index is 12.9. The first-order chi connectivity index (χ1) is 28.4. The number of nitrogens with zero attached hydrogens (tertiary/aromatic N) is 5. The summed E-state index contributed by atoms with van der Waals surface area (Å²) in [6.45, 7) is 7.51. The highest BCUT2D eigenvalue weighted by molar-refractivity contribution is 7.19. The van der Waals surface area contributed by atoms with Crippen molar-refractivity contribution in [2.75, 3.05) is 91.8 Å². The van der Waals surface area contributed by atoms with Gasteiger partial charge in [0.1, 0.15) is 21.4 Å². The number of carbonyl (C=O) groups excluding carboxylic acids is 2. The molecule has 2 aliphatic rings. The molecular formula is C44H45N9O2S3. The molecule has 0 spiro atoms. The Morgan fingerprint density at radius 2 is 1.10 bits per heavy atom. The highest BCUT2D eigenvalue weighted by atomic mass is 32.1. The quantitative estimate of drug-likeness (QED) is 0.114. The summed E-state index contributed by atoms with van der Waals surface area (Å²) in [5, 5.41) is 21.5. The smallest absolute Gasteiger partial charge is 0.275 e. The van der Waals surface area contributed by atoms with Gasteiger partial charge >= 0.3 is 0 Å². The number of amides is 2. The van der Waals surface area contributed by atoms with Crippen molar-refractivity contribution >= 4 is 84.3 Å². The summed E-state index contributed by atoms with van der Waals surface area (Å²) >= 11 is 4.70. The Morgan fingerprint density at radius 1 is 0.603 bits per heavy atom. The number of anilines is 5. The third kappa shape index (κ3) is 9.06. The van der Waals surface area contributed by atoms with Crippen LogP contribution in [0.2, 0.25) is 0 Å². The maximum Gasteiger partial charge on any atom is 0.275 e. The zero-order chi connectivity index (χ0) is 39.8. The fourth-order valence-corrected chi connectivity index (χ4v) is 9.61. The van der Waals surface area contributed by atoms with E-state index >= 15 is 0 Å². The number of nitrogens with one attached hydrogen (secondary N) is 4. The van der Waals surface area contributed by atoms with Gasteiger partial charge in [-0.2, -0.15) is 0 Å². The predicted octanol–water partition coefficient (Wildman–Crippen LogP) is 8.22. The molecule has 58 heavy (non-hydrogen) atoms. The zero-order valence-corrected chi connectivity index (χ0v) is 34.9. The first-order valence-corrected chi connectivity index (χ1v) is 21.9. The highest BCUT2D eigenvalue weighted by Gasteiger charge is 2.20. The molecular weight excluding hydrogens is 783 g/mol. The largest absolute Gasteiger partial charge is 0.378 e. The number of thiophene rings is 1. The molecule has 0 unspecified atom stereocenters. The Bertz CT molecular complexity index is 2480. The van der Waals surface area contributed by atoms with Crippen molar-refractivity contribution in [1.82, 2.24) is 20.6 Å². The lowest BCUT2D eigenvalue weighted by atomic mass is 10.2. The summed E-state index contributed by atoms with van der Waals surface area (Å²) in [5.74, 6) is -0.352. The average Bonchev–Trinajstić information content (AvgIpc) is 4.06. The van der Waals surface area contributed by atoms with E-state index in [1.54, 1.807) is 11.3 Å². The molecule has 9 rings (SSSR count). The Hall–Kier alpha value is -5.64. The number of piperazine rings is 2. The summed E-state index contributed by atoms with van der Waals surface area (Å²) in [6, 6.07) is 32.4. The van der Waals surface area contributed by atoms with Crippen LogP contribution in [0.3, 0.4) is 0 Å². The third-order valence-electron chi connectivity index (χ3n) is 10.0. The highest BCUT2D eigenvalue weighted by Crippen LogP contribution is 2.36. The summed E-state index contributed by atoms with van der Waals surface area (Å²) in [5.41, 5.74) is 7.90. The molecule has 4 aromatic carbocycles. The topological polar surface area (TPSA) is 118 Å². The van der Waals surface area contributed by atoms with Crippen LogP contribution in [0.1, 0.15) is 21.0 Å². The lowest BCUT2D eigenvalue weighted by Gasteiger charge is -2.31. The van der Waals surface area contributed by atoms with Crippen molar-refractivity contribution in [2.45, 2.75) is 0 Å². The molecule has 2 amide bonds. The van der Waals surface area contributed by atoms with Crippen LogP contribution in [0.15, 0.2) is 113 Å². The number of thiazole rings is 2. The standard InChI is InChI=1S/C22H25N5OS.C22H20N4OS2/c1-26(2)17-9-7-16(8-10-17)22-25-19(15-29-22)21(28)24-18-5-3-4-6-20(18)27-13-11-23-12-14-27;27-21(24-17-6-2-3-7-19(17)26-11-9-23-10-12-26)18-14-29-22(25-18)16-13-28-20-8-4-1-5-15(16)20/h3-10,15,23H,11-14H2,1-2H3,(H,24,28);1-8,13-14,23H,9-12H2,(H,24,27). The number of aromatic nitrogens is 2. The number of fused-ring (bicyclic) bond motifs is 1. The third-order valence-corrected chi connectivity index (χ3v) is 12.8. The maximum absolute atomic E-state index is 12.9. The minimum absolute atomic E-state index is 0.172. The number of carbonyl (C=O) groups is 2. The second-order valence-corrected chi connectivity index (χ2v) is 16.7. The van der Waals surface area contributed by atoms with Crippen molar-refractivity contribution < 1.29 is 9.59 Å². The Balaban J connectivity index is 0.000000162. The van der Waals surface area contributed by atoms with Gasteiger partial charge in [0.05, 0.1) is 22.7 Å². The fraction of sp³-hybridized carbons (Fsp3) is 0.227. The van der Waals surface area contributed by atoms with Crippen molar-refractivity contribution in [3.63, 3.8) is 0 Å². The van der Waals surface area contributed by atoms with Crippen molar-refractivity contribution in [3.05, 3.63) is 125 Å². The van der Waals surface area contributed by atoms with Crippen molar-refractivity contribution in [1.29, 1.82) is 0 Å². The van der Waals surface area contributed by atoms with Crippen molar-refractivity contribution in [3.8, 4) is 21.1 Å². The molecule has 3 aromatic heterocycles. The number of hydrogen-bond acceptors (Lipinski definition) is 12. The molecule has 7 aromatic rings. The molecule has 0 radical (unpaired) electrons. The molecule has 5 heterocycles. The zero-order valence-electron chi connectivity index (χ0n) is 32.4.